The molecule has 0 saturated heterocycles. The monoisotopic (exact) mass is 302 g/mol. The van der Waals surface area contributed by atoms with Crippen LogP contribution < -0.4 is 4.74 Å². The molecule has 0 atom stereocenters. The topological polar surface area (TPSA) is 45.9 Å². The van der Waals surface area contributed by atoms with Gasteiger partial charge in [0, 0.05) is 11.4 Å². The molecule has 0 unspecified atom stereocenters. The Balaban J connectivity index is 1.92. The molecular weight excluding hydrogens is 287 g/mol. The highest BCUT2D eigenvalue weighted by Crippen LogP contribution is 2.23. The smallest absolute Gasteiger partial charge is 0.123 e. The van der Waals surface area contributed by atoms with Gasteiger partial charge in [-0.1, -0.05) is 0 Å². The van der Waals surface area contributed by atoms with Gasteiger partial charge < -0.3 is 4.74 Å². The Morgan fingerprint density at radius 1 is 1.29 bits per heavy atom. The van der Waals surface area contributed by atoms with Crippen molar-refractivity contribution in [1.29, 1.82) is 5.26 Å². The first-order chi connectivity index (χ1) is 10.1. The van der Waals surface area contributed by atoms with E-state index in [-0.39, 0.29) is 5.82 Å². The first-order valence-corrected chi connectivity index (χ1v) is 7.48. The molecule has 5 heteroatoms. The molecule has 0 spiro atoms. The van der Waals surface area contributed by atoms with Crippen LogP contribution in [-0.2, 0) is 0 Å². The fourth-order valence-electron chi connectivity index (χ4n) is 1.87. The number of ether oxygens (including phenoxy) is 1. The standard InChI is InChI=1S/C16H15FN2OS/c1-11-9-12(2)19-16(15(11)10-18)21-8-7-20-14-5-3-13(17)4-6-14/h3-6,9H,7-8H2,1-2H3. The van der Waals surface area contributed by atoms with E-state index < -0.39 is 0 Å². The Labute approximate surface area is 127 Å². The first kappa shape index (κ1) is 15.3. The SMILES string of the molecule is Cc1cc(C)c(C#N)c(SCCOc2ccc(F)cc2)n1. The number of nitriles is 1. The Bertz CT molecular complexity index is 665. The molecule has 21 heavy (non-hydrogen) atoms. The molecule has 0 aliphatic rings. The van der Waals surface area contributed by atoms with E-state index >= 15 is 0 Å². The number of nitrogens with zero attached hydrogens (tertiary/aromatic N) is 2. The number of hydrogen-bond acceptors (Lipinski definition) is 4. The molecule has 0 bridgehead atoms. The van der Waals surface area contributed by atoms with Crippen LogP contribution in [-0.4, -0.2) is 17.3 Å². The number of pyridine rings is 1. The van der Waals surface area contributed by atoms with Crippen LogP contribution in [0.2, 0.25) is 0 Å². The lowest BCUT2D eigenvalue weighted by Gasteiger charge is -2.08. The lowest BCUT2D eigenvalue weighted by Crippen LogP contribution is -2.02. The quantitative estimate of drug-likeness (QED) is 0.621. The molecule has 0 fully saturated rings. The largest absolute Gasteiger partial charge is 0.493 e. The third kappa shape index (κ3) is 4.20. The molecule has 0 amide bonds. The normalized spacial score (nSPS) is 10.2. The molecule has 2 rings (SSSR count). The predicted octanol–water partition coefficient (Wildman–Crippen LogP) is 3.88. The summed E-state index contributed by atoms with van der Waals surface area (Å²) < 4.78 is 18.3. The highest BCUT2D eigenvalue weighted by molar-refractivity contribution is 7.99. The summed E-state index contributed by atoms with van der Waals surface area (Å²) in [5.74, 6) is 1.02. The lowest BCUT2D eigenvalue weighted by molar-refractivity contribution is 0.343. The van der Waals surface area contributed by atoms with E-state index in [1.54, 1.807) is 12.1 Å². The number of thioether (sulfide) groups is 1. The zero-order valence-corrected chi connectivity index (χ0v) is 12.7. The van der Waals surface area contributed by atoms with Crippen molar-refractivity contribution in [1.82, 2.24) is 4.98 Å². The Kier molecular flexibility index (Phi) is 5.18. The predicted molar refractivity (Wildman–Crippen MR) is 81.0 cm³/mol. The Morgan fingerprint density at radius 2 is 2.00 bits per heavy atom. The first-order valence-electron chi connectivity index (χ1n) is 6.49. The van der Waals surface area contributed by atoms with Gasteiger partial charge in [0.15, 0.2) is 0 Å². The zero-order chi connectivity index (χ0) is 15.2. The second-order valence-electron chi connectivity index (χ2n) is 4.52. The van der Waals surface area contributed by atoms with Crippen LogP contribution in [0.15, 0.2) is 35.4 Å². The van der Waals surface area contributed by atoms with Crippen LogP contribution in [0.25, 0.3) is 0 Å². The third-order valence-corrected chi connectivity index (χ3v) is 3.77. The van der Waals surface area contributed by atoms with E-state index in [9.17, 15) is 9.65 Å². The van der Waals surface area contributed by atoms with E-state index in [1.165, 1.54) is 23.9 Å². The lowest BCUT2D eigenvalue weighted by atomic mass is 10.1. The van der Waals surface area contributed by atoms with Crippen LogP contribution in [0.3, 0.4) is 0 Å². The van der Waals surface area contributed by atoms with Crippen molar-refractivity contribution in [3.8, 4) is 11.8 Å². The van der Waals surface area contributed by atoms with Crippen molar-refractivity contribution < 1.29 is 9.13 Å². The van der Waals surface area contributed by atoms with E-state index in [4.69, 9.17) is 4.74 Å². The van der Waals surface area contributed by atoms with Crippen molar-refractivity contribution in [2.75, 3.05) is 12.4 Å². The second-order valence-corrected chi connectivity index (χ2v) is 5.61. The van der Waals surface area contributed by atoms with Gasteiger partial charge in [0.1, 0.15) is 22.7 Å². The number of halogens is 1. The molecule has 1 aromatic carbocycles. The minimum Gasteiger partial charge on any atom is -0.493 e. The number of hydrogen-bond donors (Lipinski definition) is 0. The number of rotatable bonds is 5. The second kappa shape index (κ2) is 7.09. The molecule has 108 valence electrons. The summed E-state index contributed by atoms with van der Waals surface area (Å²) >= 11 is 1.49. The summed E-state index contributed by atoms with van der Waals surface area (Å²) in [6.45, 7) is 4.29. The van der Waals surface area contributed by atoms with Gasteiger partial charge in [-0.2, -0.15) is 5.26 Å². The maximum absolute atomic E-state index is 12.8. The van der Waals surface area contributed by atoms with Gasteiger partial charge >= 0.3 is 0 Å². The molecule has 1 heterocycles. The van der Waals surface area contributed by atoms with Crippen LogP contribution >= 0.6 is 11.8 Å². The average Bonchev–Trinajstić information content (AvgIpc) is 2.45. The highest BCUT2D eigenvalue weighted by Gasteiger charge is 2.09. The third-order valence-electron chi connectivity index (χ3n) is 2.83. The fourth-order valence-corrected chi connectivity index (χ4v) is 2.79. The van der Waals surface area contributed by atoms with E-state index in [0.29, 0.717) is 23.7 Å². The van der Waals surface area contributed by atoms with E-state index in [1.807, 2.05) is 19.9 Å². The summed E-state index contributed by atoms with van der Waals surface area (Å²) in [6.07, 6.45) is 0. The van der Waals surface area contributed by atoms with Crippen LogP contribution in [0, 0.1) is 31.0 Å². The minimum absolute atomic E-state index is 0.283. The molecule has 0 radical (unpaired) electrons. The van der Waals surface area contributed by atoms with Gasteiger partial charge in [-0.15, -0.1) is 11.8 Å². The Hall–Kier alpha value is -2.06. The van der Waals surface area contributed by atoms with Gasteiger partial charge in [-0.25, -0.2) is 9.37 Å². The maximum Gasteiger partial charge on any atom is 0.123 e. The molecule has 1 aromatic heterocycles. The number of aromatic nitrogens is 1. The van der Waals surface area contributed by atoms with Crippen molar-refractivity contribution in [3.63, 3.8) is 0 Å². The van der Waals surface area contributed by atoms with Crippen LogP contribution in [0.4, 0.5) is 4.39 Å². The Morgan fingerprint density at radius 3 is 2.67 bits per heavy atom. The molecule has 3 nitrogen and oxygen atoms in total. The maximum atomic E-state index is 12.8. The molecule has 0 saturated carbocycles. The van der Waals surface area contributed by atoms with Crippen molar-refractivity contribution >= 4 is 11.8 Å². The summed E-state index contributed by atoms with van der Waals surface area (Å²) in [5, 5.41) is 9.91. The van der Waals surface area contributed by atoms with Crippen molar-refractivity contribution in [2.24, 2.45) is 0 Å². The molecule has 0 N–H and O–H groups in total. The van der Waals surface area contributed by atoms with Gasteiger partial charge in [0.05, 0.1) is 12.2 Å². The summed E-state index contributed by atoms with van der Waals surface area (Å²) in [7, 11) is 0. The van der Waals surface area contributed by atoms with Gasteiger partial charge in [-0.3, -0.25) is 0 Å². The van der Waals surface area contributed by atoms with Gasteiger partial charge in [-0.05, 0) is 49.7 Å². The molecule has 0 aliphatic carbocycles. The van der Waals surface area contributed by atoms with Crippen molar-refractivity contribution in [2.45, 2.75) is 18.9 Å². The fraction of sp³-hybridized carbons (Fsp3) is 0.250. The van der Waals surface area contributed by atoms with E-state index in [0.717, 1.165) is 16.3 Å². The summed E-state index contributed by atoms with van der Waals surface area (Å²) in [5.41, 5.74) is 2.45. The van der Waals surface area contributed by atoms with Crippen molar-refractivity contribution in [3.05, 3.63) is 53.0 Å². The number of aryl methyl sites for hydroxylation is 2. The highest BCUT2D eigenvalue weighted by atomic mass is 32.2. The minimum atomic E-state index is -0.283. The molecule has 2 aromatic rings. The van der Waals surface area contributed by atoms with E-state index in [2.05, 4.69) is 11.1 Å². The number of benzene rings is 1. The molecular formula is C16H15FN2OS. The van der Waals surface area contributed by atoms with Crippen LogP contribution in [0.1, 0.15) is 16.8 Å². The molecule has 0 aliphatic heterocycles. The zero-order valence-electron chi connectivity index (χ0n) is 11.9. The van der Waals surface area contributed by atoms with Crippen LogP contribution in [0.5, 0.6) is 5.75 Å². The summed E-state index contributed by atoms with van der Waals surface area (Å²) in [6, 6.07) is 10.0. The summed E-state index contributed by atoms with van der Waals surface area (Å²) in [4.78, 5) is 4.40. The van der Waals surface area contributed by atoms with Gasteiger partial charge in [0.25, 0.3) is 0 Å². The van der Waals surface area contributed by atoms with Gasteiger partial charge in [0.2, 0.25) is 0 Å². The average molecular weight is 302 g/mol.